The van der Waals surface area contributed by atoms with Crippen molar-refractivity contribution in [3.8, 4) is 11.9 Å². The van der Waals surface area contributed by atoms with Gasteiger partial charge in [-0.25, -0.2) is 9.89 Å². The maximum atomic E-state index is 12.8. The number of carbonyl (C=O) groups is 2. The third-order valence-corrected chi connectivity index (χ3v) is 4.90. The topological polar surface area (TPSA) is 94.8 Å². The zero-order valence-electron chi connectivity index (χ0n) is 14.5. The monoisotopic (exact) mass is 380 g/mol. The van der Waals surface area contributed by atoms with Gasteiger partial charge >= 0.3 is 0 Å². The molecule has 0 aliphatic carbocycles. The molecular weight excluding hydrogens is 364 g/mol. The van der Waals surface area contributed by atoms with Gasteiger partial charge in [-0.2, -0.15) is 5.26 Å². The molecule has 1 unspecified atom stereocenters. The second-order valence-corrected chi connectivity index (χ2v) is 6.73. The smallest absolute Gasteiger partial charge is 0.248 e. The first-order valence-electron chi connectivity index (χ1n) is 8.09. The number of amides is 2. The van der Waals surface area contributed by atoms with Crippen LogP contribution in [-0.4, -0.2) is 29.3 Å². The highest BCUT2D eigenvalue weighted by Crippen LogP contribution is 2.35. The normalized spacial score (nSPS) is 17.0. The Morgan fingerprint density at radius 3 is 2.63 bits per heavy atom. The number of nitrogens with one attached hydrogen (secondary N) is 1. The summed E-state index contributed by atoms with van der Waals surface area (Å²) in [5, 5.41) is 11.0. The van der Waals surface area contributed by atoms with E-state index in [1.54, 1.807) is 36.4 Å². The molecule has 0 aromatic heterocycles. The summed E-state index contributed by atoms with van der Waals surface area (Å²) in [6.07, 6.45) is 1.83. The summed E-state index contributed by atoms with van der Waals surface area (Å²) in [6.45, 7) is 0. The minimum Gasteiger partial charge on any atom is -0.495 e. The van der Waals surface area contributed by atoms with Crippen molar-refractivity contribution >= 4 is 40.1 Å². The number of rotatable bonds is 4. The fourth-order valence-corrected chi connectivity index (χ4v) is 3.61. The average molecular weight is 380 g/mol. The lowest BCUT2D eigenvalue weighted by atomic mass is 10.2. The van der Waals surface area contributed by atoms with Gasteiger partial charge in [-0.1, -0.05) is 42.1 Å². The fourth-order valence-electron chi connectivity index (χ4n) is 2.65. The number of para-hydroxylation sites is 3. The van der Waals surface area contributed by atoms with Gasteiger partial charge in [-0.15, -0.1) is 0 Å². The molecule has 136 valence electrons. The summed E-state index contributed by atoms with van der Waals surface area (Å²) < 4.78 is 5.26. The van der Waals surface area contributed by atoms with Gasteiger partial charge in [-0.05, 0) is 24.3 Å². The molecule has 1 saturated heterocycles. The lowest BCUT2D eigenvalue weighted by Crippen LogP contribution is -2.32. The fraction of sp³-hybridized carbons (Fsp3) is 0.158. The summed E-state index contributed by atoms with van der Waals surface area (Å²) in [7, 11) is 1.48. The van der Waals surface area contributed by atoms with Gasteiger partial charge in [0.2, 0.25) is 11.8 Å². The second kappa shape index (κ2) is 8.38. The number of hydrogen-bond acceptors (Lipinski definition) is 6. The SMILES string of the molecule is COc1ccccc1N1C(=O)CC(SC(=Nc2ccccc2)NC#N)C1=O. The number of benzene rings is 2. The van der Waals surface area contributed by atoms with Crippen molar-refractivity contribution in [2.75, 3.05) is 12.0 Å². The molecule has 1 fully saturated rings. The van der Waals surface area contributed by atoms with Crippen LogP contribution in [-0.2, 0) is 9.59 Å². The minimum atomic E-state index is -0.675. The largest absolute Gasteiger partial charge is 0.495 e. The van der Waals surface area contributed by atoms with Crippen molar-refractivity contribution in [2.45, 2.75) is 11.7 Å². The van der Waals surface area contributed by atoms with E-state index in [4.69, 9.17) is 10.00 Å². The van der Waals surface area contributed by atoms with Crippen LogP contribution in [0, 0.1) is 11.5 Å². The van der Waals surface area contributed by atoms with E-state index in [1.165, 1.54) is 7.11 Å². The van der Waals surface area contributed by atoms with Gasteiger partial charge in [0.05, 0.1) is 18.5 Å². The number of ether oxygens (including phenoxy) is 1. The molecule has 1 N–H and O–H groups in total. The molecule has 1 aliphatic heterocycles. The lowest BCUT2D eigenvalue weighted by molar-refractivity contribution is -0.121. The van der Waals surface area contributed by atoms with E-state index in [9.17, 15) is 9.59 Å². The molecule has 2 aromatic rings. The molecule has 2 amide bonds. The molecule has 0 radical (unpaired) electrons. The van der Waals surface area contributed by atoms with E-state index in [1.807, 2.05) is 24.4 Å². The van der Waals surface area contributed by atoms with Crippen molar-refractivity contribution in [1.82, 2.24) is 5.32 Å². The number of nitrogens with zero attached hydrogens (tertiary/aromatic N) is 3. The second-order valence-electron chi connectivity index (χ2n) is 5.54. The van der Waals surface area contributed by atoms with Gasteiger partial charge < -0.3 is 4.74 Å². The number of imide groups is 1. The molecule has 27 heavy (non-hydrogen) atoms. The van der Waals surface area contributed by atoms with Gasteiger partial charge in [0, 0.05) is 6.42 Å². The van der Waals surface area contributed by atoms with Crippen molar-refractivity contribution < 1.29 is 14.3 Å². The van der Waals surface area contributed by atoms with Crippen LogP contribution < -0.4 is 15.0 Å². The first-order chi connectivity index (χ1) is 13.1. The Morgan fingerprint density at radius 2 is 1.93 bits per heavy atom. The number of hydrogen-bond donors (Lipinski definition) is 1. The lowest BCUT2D eigenvalue weighted by Gasteiger charge is -2.17. The molecule has 0 bridgehead atoms. The van der Waals surface area contributed by atoms with Crippen LogP contribution in [0.15, 0.2) is 59.6 Å². The molecule has 7 nitrogen and oxygen atoms in total. The van der Waals surface area contributed by atoms with Gasteiger partial charge in [0.15, 0.2) is 11.4 Å². The summed E-state index contributed by atoms with van der Waals surface area (Å²) in [6, 6.07) is 15.9. The minimum absolute atomic E-state index is 0.0163. The van der Waals surface area contributed by atoms with E-state index in [2.05, 4.69) is 10.3 Å². The highest BCUT2D eigenvalue weighted by atomic mass is 32.2. The number of nitriles is 1. The van der Waals surface area contributed by atoms with E-state index < -0.39 is 5.25 Å². The predicted octanol–water partition coefficient (Wildman–Crippen LogP) is 2.82. The predicted molar refractivity (Wildman–Crippen MR) is 104 cm³/mol. The number of aliphatic imine (C=N–C) groups is 1. The van der Waals surface area contributed by atoms with E-state index in [0.717, 1.165) is 16.7 Å². The maximum Gasteiger partial charge on any atom is 0.248 e. The van der Waals surface area contributed by atoms with Crippen molar-refractivity contribution in [1.29, 1.82) is 5.26 Å². The Kier molecular flexibility index (Phi) is 5.74. The number of anilines is 1. The molecule has 1 aliphatic rings. The quantitative estimate of drug-likeness (QED) is 0.288. The first kappa shape index (κ1) is 18.5. The Hall–Kier alpha value is -3.31. The summed E-state index contributed by atoms with van der Waals surface area (Å²) in [5.74, 6) is -0.244. The standard InChI is InChI=1S/C19H16N4O3S/c1-26-15-10-6-5-9-14(15)23-17(24)11-16(18(23)25)27-19(21-12-20)22-13-7-3-2-4-8-13/h2-10,16H,11H2,1H3,(H,21,22). The summed E-state index contributed by atoms with van der Waals surface area (Å²) in [5.41, 5.74) is 1.05. The zero-order valence-corrected chi connectivity index (χ0v) is 15.3. The molecule has 0 saturated carbocycles. The molecule has 1 atom stereocenters. The van der Waals surface area contributed by atoms with Crippen LogP contribution in [0.2, 0.25) is 0 Å². The highest BCUT2D eigenvalue weighted by Gasteiger charge is 2.41. The van der Waals surface area contributed by atoms with Crippen LogP contribution in [0.4, 0.5) is 11.4 Å². The van der Waals surface area contributed by atoms with Crippen LogP contribution in [0.3, 0.4) is 0 Å². The van der Waals surface area contributed by atoms with Crippen LogP contribution in [0.1, 0.15) is 6.42 Å². The van der Waals surface area contributed by atoms with Gasteiger partial charge in [0.25, 0.3) is 0 Å². The Labute approximate surface area is 160 Å². The molecular formula is C19H16N4O3S. The van der Waals surface area contributed by atoms with Crippen molar-refractivity contribution in [3.05, 3.63) is 54.6 Å². The molecule has 3 rings (SSSR count). The number of amidine groups is 1. The third-order valence-electron chi connectivity index (χ3n) is 3.83. The van der Waals surface area contributed by atoms with Gasteiger partial charge in [-0.3, -0.25) is 14.9 Å². The molecule has 2 aromatic carbocycles. The molecule has 0 spiro atoms. The highest BCUT2D eigenvalue weighted by molar-refractivity contribution is 8.15. The van der Waals surface area contributed by atoms with E-state index in [0.29, 0.717) is 17.1 Å². The number of methoxy groups -OCH3 is 1. The molecule has 8 heteroatoms. The average Bonchev–Trinajstić information content (AvgIpc) is 2.96. The Balaban J connectivity index is 1.83. The molecule has 1 heterocycles. The van der Waals surface area contributed by atoms with Crippen LogP contribution in [0.25, 0.3) is 0 Å². The van der Waals surface area contributed by atoms with Crippen LogP contribution >= 0.6 is 11.8 Å². The Morgan fingerprint density at radius 1 is 1.22 bits per heavy atom. The maximum absolute atomic E-state index is 12.8. The van der Waals surface area contributed by atoms with Crippen LogP contribution in [0.5, 0.6) is 5.75 Å². The van der Waals surface area contributed by atoms with E-state index >= 15 is 0 Å². The summed E-state index contributed by atoms with van der Waals surface area (Å²) >= 11 is 1.06. The van der Waals surface area contributed by atoms with Crippen molar-refractivity contribution in [2.24, 2.45) is 4.99 Å². The van der Waals surface area contributed by atoms with E-state index in [-0.39, 0.29) is 23.4 Å². The van der Waals surface area contributed by atoms with Crippen molar-refractivity contribution in [3.63, 3.8) is 0 Å². The van der Waals surface area contributed by atoms with Gasteiger partial charge in [0.1, 0.15) is 11.0 Å². The number of carbonyl (C=O) groups excluding carboxylic acids is 2. The number of thioether (sulfide) groups is 1. The Bertz CT molecular complexity index is 924. The zero-order chi connectivity index (χ0) is 19.2. The third kappa shape index (κ3) is 4.10. The first-order valence-corrected chi connectivity index (χ1v) is 8.97. The summed E-state index contributed by atoms with van der Waals surface area (Å²) in [4.78, 5) is 30.8.